The van der Waals surface area contributed by atoms with Crippen LogP contribution in [-0.2, 0) is 0 Å². The van der Waals surface area contributed by atoms with E-state index in [4.69, 9.17) is 0 Å². The maximum absolute atomic E-state index is 11.5. The summed E-state index contributed by atoms with van der Waals surface area (Å²) in [6.45, 7) is 0. The molecule has 6 nitrogen and oxygen atoms in total. The molecule has 2 aromatic carbocycles. The van der Waals surface area contributed by atoms with Crippen molar-refractivity contribution >= 4 is 17.3 Å². The second-order valence-corrected chi connectivity index (χ2v) is 6.38. The molecule has 1 aliphatic heterocycles. The minimum Gasteiger partial charge on any atom is -0.545 e. The molecule has 0 fully saturated rings. The highest BCUT2D eigenvalue weighted by Gasteiger charge is 2.39. The first-order valence-electron chi connectivity index (χ1n) is 8.08. The number of nitrogens with one attached hydrogen (secondary N) is 1. The summed E-state index contributed by atoms with van der Waals surface area (Å²) in [6, 6.07) is 11.5. The zero-order chi connectivity index (χ0) is 17.6. The van der Waals surface area contributed by atoms with E-state index < -0.39 is 10.9 Å². The number of carbonyl (C=O) groups is 1. The fourth-order valence-electron chi connectivity index (χ4n) is 3.95. The van der Waals surface area contributed by atoms with Crippen molar-refractivity contribution < 1.29 is 14.8 Å². The van der Waals surface area contributed by atoms with E-state index in [0.717, 1.165) is 17.5 Å². The third kappa shape index (κ3) is 2.46. The number of carboxylic acid groups (broad SMARTS) is 1. The molecule has 0 radical (unpaired) electrons. The van der Waals surface area contributed by atoms with Crippen LogP contribution in [0.3, 0.4) is 0 Å². The van der Waals surface area contributed by atoms with Gasteiger partial charge in [-0.25, -0.2) is 0 Å². The Morgan fingerprint density at radius 2 is 2.00 bits per heavy atom. The van der Waals surface area contributed by atoms with Crippen molar-refractivity contribution in [3.05, 3.63) is 81.4 Å². The number of hydrogen-bond donors (Lipinski definition) is 1. The van der Waals surface area contributed by atoms with Gasteiger partial charge in [-0.05, 0) is 23.5 Å². The van der Waals surface area contributed by atoms with Crippen LogP contribution in [0, 0.1) is 16.0 Å². The lowest BCUT2D eigenvalue weighted by molar-refractivity contribution is -0.384. The van der Waals surface area contributed by atoms with Gasteiger partial charge in [0.1, 0.15) is 0 Å². The van der Waals surface area contributed by atoms with Crippen molar-refractivity contribution in [1.82, 2.24) is 0 Å². The van der Waals surface area contributed by atoms with Gasteiger partial charge in [-0.1, -0.05) is 42.5 Å². The summed E-state index contributed by atoms with van der Waals surface area (Å²) < 4.78 is 0. The van der Waals surface area contributed by atoms with Gasteiger partial charge >= 0.3 is 0 Å². The molecule has 3 atom stereocenters. The van der Waals surface area contributed by atoms with Crippen LogP contribution in [0.4, 0.5) is 11.4 Å². The molecule has 1 heterocycles. The molecular weight excluding hydrogens is 320 g/mol. The minimum absolute atomic E-state index is 0.0285. The summed E-state index contributed by atoms with van der Waals surface area (Å²) >= 11 is 0. The number of aromatic carboxylic acids is 1. The topological polar surface area (TPSA) is 95.3 Å². The Balaban J connectivity index is 1.83. The van der Waals surface area contributed by atoms with E-state index in [9.17, 15) is 20.0 Å². The molecule has 0 aromatic heterocycles. The van der Waals surface area contributed by atoms with Gasteiger partial charge in [0, 0.05) is 29.3 Å². The number of nitro groups is 1. The molecular formula is C19H15N2O4-. The highest BCUT2D eigenvalue weighted by atomic mass is 16.6. The number of non-ortho nitro benzene ring substituents is 1. The standard InChI is InChI=1S/C19H16N2O4/c22-19(23)16-9-3-8-15-13-6-2-7-14(13)17(20-18(15)16)11-4-1-5-12(10-11)21(24)25/h1-6,8-10,13-14,17,20H,7H2,(H,22,23)/p-1/t13-,14-,17-/m1/s1. The average molecular weight is 335 g/mol. The number of allylic oxidation sites excluding steroid dienone is 2. The summed E-state index contributed by atoms with van der Waals surface area (Å²) in [5.74, 6) is -0.964. The molecule has 1 aliphatic carbocycles. The Kier molecular flexibility index (Phi) is 3.53. The summed E-state index contributed by atoms with van der Waals surface area (Å²) in [7, 11) is 0. The zero-order valence-electron chi connectivity index (χ0n) is 13.2. The van der Waals surface area contributed by atoms with E-state index in [1.54, 1.807) is 18.2 Å². The number of para-hydroxylation sites is 1. The van der Waals surface area contributed by atoms with Gasteiger partial charge in [0.15, 0.2) is 0 Å². The SMILES string of the molecule is O=C([O-])c1cccc2c1N[C@H](c1cccc([N+](=O)[O-])c1)[C@@H]1CC=C[C@@H]21. The van der Waals surface area contributed by atoms with Crippen LogP contribution in [0.5, 0.6) is 0 Å². The van der Waals surface area contributed by atoms with Crippen molar-refractivity contribution in [3.63, 3.8) is 0 Å². The van der Waals surface area contributed by atoms with Gasteiger partial charge in [0.2, 0.25) is 0 Å². The van der Waals surface area contributed by atoms with Gasteiger partial charge in [-0.2, -0.15) is 0 Å². The number of rotatable bonds is 3. The molecule has 0 bridgehead atoms. The Labute approximate surface area is 144 Å². The molecule has 0 amide bonds. The lowest BCUT2D eigenvalue weighted by Crippen LogP contribution is -2.32. The molecule has 25 heavy (non-hydrogen) atoms. The summed E-state index contributed by atoms with van der Waals surface area (Å²) in [6.07, 6.45) is 5.01. The van der Waals surface area contributed by atoms with Crippen molar-refractivity contribution in [2.45, 2.75) is 18.4 Å². The number of carboxylic acids is 1. The molecule has 2 aromatic rings. The summed E-state index contributed by atoms with van der Waals surface area (Å²) in [5, 5.41) is 25.9. The number of hydrogen-bond acceptors (Lipinski definition) is 5. The van der Waals surface area contributed by atoms with Gasteiger partial charge in [0.05, 0.1) is 16.9 Å². The molecule has 0 saturated heterocycles. The van der Waals surface area contributed by atoms with E-state index in [0.29, 0.717) is 5.69 Å². The lowest BCUT2D eigenvalue weighted by Gasteiger charge is -2.38. The molecule has 6 heteroatoms. The van der Waals surface area contributed by atoms with Crippen LogP contribution in [0.25, 0.3) is 0 Å². The van der Waals surface area contributed by atoms with E-state index in [2.05, 4.69) is 17.5 Å². The van der Waals surface area contributed by atoms with E-state index in [-0.39, 0.29) is 29.1 Å². The van der Waals surface area contributed by atoms with Gasteiger partial charge < -0.3 is 15.2 Å². The zero-order valence-corrected chi connectivity index (χ0v) is 13.2. The monoisotopic (exact) mass is 335 g/mol. The second-order valence-electron chi connectivity index (χ2n) is 6.38. The number of nitro benzene ring substituents is 1. The second kappa shape index (κ2) is 5.73. The molecule has 2 aliphatic rings. The third-order valence-corrected chi connectivity index (χ3v) is 5.06. The van der Waals surface area contributed by atoms with Gasteiger partial charge in [-0.15, -0.1) is 0 Å². The molecule has 0 saturated carbocycles. The number of anilines is 1. The first kappa shape index (κ1) is 15.4. The van der Waals surface area contributed by atoms with Crippen molar-refractivity contribution in [2.75, 3.05) is 5.32 Å². The van der Waals surface area contributed by atoms with Crippen LogP contribution in [0.15, 0.2) is 54.6 Å². The fourth-order valence-corrected chi connectivity index (χ4v) is 3.95. The molecule has 0 spiro atoms. The predicted octanol–water partition coefficient (Wildman–Crippen LogP) is 2.78. The third-order valence-electron chi connectivity index (χ3n) is 5.06. The first-order valence-corrected chi connectivity index (χ1v) is 8.08. The van der Waals surface area contributed by atoms with Crippen molar-refractivity contribution in [2.24, 2.45) is 5.92 Å². The smallest absolute Gasteiger partial charge is 0.269 e. The first-order chi connectivity index (χ1) is 12.1. The maximum Gasteiger partial charge on any atom is 0.269 e. The van der Waals surface area contributed by atoms with E-state index in [1.807, 2.05) is 12.1 Å². The number of carbonyl (C=O) groups excluding carboxylic acids is 1. The minimum atomic E-state index is -1.23. The fraction of sp³-hybridized carbons (Fsp3) is 0.211. The number of nitrogens with zero attached hydrogens (tertiary/aromatic N) is 1. The maximum atomic E-state index is 11.5. The quantitative estimate of drug-likeness (QED) is 0.529. The number of benzene rings is 2. The van der Waals surface area contributed by atoms with Crippen LogP contribution in [-0.4, -0.2) is 10.9 Å². The van der Waals surface area contributed by atoms with E-state index in [1.165, 1.54) is 12.1 Å². The van der Waals surface area contributed by atoms with Crippen molar-refractivity contribution in [1.29, 1.82) is 0 Å². The predicted molar refractivity (Wildman–Crippen MR) is 90.2 cm³/mol. The lowest BCUT2D eigenvalue weighted by atomic mass is 9.76. The van der Waals surface area contributed by atoms with Gasteiger partial charge in [-0.3, -0.25) is 10.1 Å². The molecule has 0 unspecified atom stereocenters. The highest BCUT2D eigenvalue weighted by molar-refractivity contribution is 5.94. The highest BCUT2D eigenvalue weighted by Crippen LogP contribution is 2.50. The molecule has 1 N–H and O–H groups in total. The summed E-state index contributed by atoms with van der Waals surface area (Å²) in [5.41, 5.74) is 2.41. The Bertz CT molecular complexity index is 906. The number of fused-ring (bicyclic) bond motifs is 3. The van der Waals surface area contributed by atoms with Crippen LogP contribution in [0.2, 0.25) is 0 Å². The largest absolute Gasteiger partial charge is 0.545 e. The summed E-state index contributed by atoms with van der Waals surface area (Å²) in [4.78, 5) is 22.2. The van der Waals surface area contributed by atoms with Crippen LogP contribution in [0.1, 0.15) is 39.9 Å². The Hall–Kier alpha value is -3.15. The van der Waals surface area contributed by atoms with Gasteiger partial charge in [0.25, 0.3) is 5.69 Å². The molecule has 126 valence electrons. The molecule has 4 rings (SSSR count). The van der Waals surface area contributed by atoms with Crippen molar-refractivity contribution in [3.8, 4) is 0 Å². The van der Waals surface area contributed by atoms with E-state index >= 15 is 0 Å². The van der Waals surface area contributed by atoms with Crippen LogP contribution >= 0.6 is 0 Å². The Morgan fingerprint density at radius 1 is 1.20 bits per heavy atom. The normalized spacial score (nSPS) is 23.4. The van der Waals surface area contributed by atoms with Crippen LogP contribution < -0.4 is 10.4 Å². The average Bonchev–Trinajstić information content (AvgIpc) is 3.10. The Morgan fingerprint density at radius 3 is 2.76 bits per heavy atom.